The van der Waals surface area contributed by atoms with Crippen molar-refractivity contribution in [2.45, 2.75) is 25.8 Å². The highest BCUT2D eigenvalue weighted by Gasteiger charge is 2.18. The summed E-state index contributed by atoms with van der Waals surface area (Å²) in [7, 11) is 0. The average molecular weight is 295 g/mol. The molecule has 2 N–H and O–H groups in total. The molecule has 0 radical (unpaired) electrons. The molecule has 0 spiro atoms. The van der Waals surface area contributed by atoms with E-state index in [1.165, 1.54) is 6.21 Å². The zero-order valence-electron chi connectivity index (χ0n) is 10.1. The van der Waals surface area contributed by atoms with Crippen molar-refractivity contribution >= 4 is 22.1 Å². The quantitative estimate of drug-likeness (QED) is 0.565. The molecule has 0 saturated carbocycles. The predicted octanol–water partition coefficient (Wildman–Crippen LogP) is 3.93. The Bertz CT molecular complexity index is 366. The third-order valence-corrected chi connectivity index (χ3v) is 3.28. The van der Waals surface area contributed by atoms with Gasteiger partial charge in [-0.1, -0.05) is 40.2 Å². The lowest BCUT2D eigenvalue weighted by atomic mass is 9.90. The van der Waals surface area contributed by atoms with E-state index < -0.39 is 0 Å². The molecule has 2 nitrogen and oxygen atoms in total. The van der Waals surface area contributed by atoms with Gasteiger partial charge in [-0.25, -0.2) is 0 Å². The fourth-order valence-electron chi connectivity index (χ4n) is 1.77. The van der Waals surface area contributed by atoms with Crippen LogP contribution in [-0.2, 0) is 0 Å². The molecular formula is C14H19BrN2. The van der Waals surface area contributed by atoms with E-state index in [-0.39, 0.29) is 0 Å². The molecule has 2 unspecified atom stereocenters. The Balaban J connectivity index is 2.68. The standard InChI is InChI=1S/C14H19BrN2/c1-3-5-14(17-10-11(2)9-16)12-6-4-7-13(15)8-12/h3-4,7-10,12,14,16-17H,1,5-6H2,2H3/b11-10-,16-9?. The highest BCUT2D eigenvalue weighted by molar-refractivity contribution is 9.11. The molecule has 0 aromatic heterocycles. The van der Waals surface area contributed by atoms with Crippen molar-refractivity contribution in [3.8, 4) is 0 Å². The van der Waals surface area contributed by atoms with Crippen molar-refractivity contribution in [3.63, 3.8) is 0 Å². The van der Waals surface area contributed by atoms with Crippen molar-refractivity contribution in [1.29, 1.82) is 5.41 Å². The van der Waals surface area contributed by atoms with Gasteiger partial charge in [0.15, 0.2) is 0 Å². The summed E-state index contributed by atoms with van der Waals surface area (Å²) in [5.74, 6) is 0.460. The molecule has 0 aromatic carbocycles. The Labute approximate surface area is 112 Å². The van der Waals surface area contributed by atoms with Crippen molar-refractivity contribution in [2.75, 3.05) is 0 Å². The van der Waals surface area contributed by atoms with Gasteiger partial charge in [-0.2, -0.15) is 0 Å². The van der Waals surface area contributed by atoms with E-state index in [0.29, 0.717) is 12.0 Å². The van der Waals surface area contributed by atoms with Crippen LogP contribution in [0.25, 0.3) is 0 Å². The van der Waals surface area contributed by atoms with Crippen molar-refractivity contribution in [1.82, 2.24) is 5.32 Å². The van der Waals surface area contributed by atoms with Gasteiger partial charge in [0, 0.05) is 28.9 Å². The summed E-state index contributed by atoms with van der Waals surface area (Å²) in [5, 5.41) is 10.5. The Morgan fingerprint density at radius 3 is 3.12 bits per heavy atom. The van der Waals surface area contributed by atoms with E-state index in [0.717, 1.165) is 22.9 Å². The highest BCUT2D eigenvalue weighted by Crippen LogP contribution is 2.24. The molecule has 1 aliphatic carbocycles. The van der Waals surface area contributed by atoms with E-state index in [1.54, 1.807) is 0 Å². The molecule has 0 saturated heterocycles. The first-order valence-electron chi connectivity index (χ1n) is 5.75. The number of halogens is 1. The fourth-order valence-corrected chi connectivity index (χ4v) is 2.30. The van der Waals surface area contributed by atoms with Crippen molar-refractivity contribution in [3.05, 3.63) is 47.1 Å². The minimum absolute atomic E-state index is 0.333. The van der Waals surface area contributed by atoms with E-state index in [1.807, 2.05) is 19.2 Å². The molecule has 1 aliphatic rings. The topological polar surface area (TPSA) is 35.9 Å². The first-order valence-corrected chi connectivity index (χ1v) is 6.54. The maximum Gasteiger partial charge on any atom is 0.0356 e. The highest BCUT2D eigenvalue weighted by atomic mass is 79.9. The lowest BCUT2D eigenvalue weighted by Crippen LogP contribution is -2.32. The number of hydrogen-bond donors (Lipinski definition) is 2. The SMILES string of the molecule is C=CCC(N/C=C(/C)C=N)C1C=C(Br)C=CC1. The van der Waals surface area contributed by atoms with Crippen LogP contribution in [0.15, 0.2) is 47.1 Å². The van der Waals surface area contributed by atoms with Gasteiger partial charge in [0.05, 0.1) is 0 Å². The van der Waals surface area contributed by atoms with Crippen molar-refractivity contribution in [2.24, 2.45) is 5.92 Å². The lowest BCUT2D eigenvalue weighted by molar-refractivity contribution is 0.453. The summed E-state index contributed by atoms with van der Waals surface area (Å²) < 4.78 is 1.14. The number of rotatable bonds is 6. The summed E-state index contributed by atoms with van der Waals surface area (Å²) in [6, 6.07) is 0.333. The first-order chi connectivity index (χ1) is 8.17. The second-order valence-corrected chi connectivity index (χ2v) is 5.10. The third-order valence-electron chi connectivity index (χ3n) is 2.75. The van der Waals surface area contributed by atoms with E-state index in [2.05, 4.69) is 46.1 Å². The Morgan fingerprint density at radius 1 is 1.76 bits per heavy atom. The maximum atomic E-state index is 7.15. The molecule has 0 fully saturated rings. The zero-order chi connectivity index (χ0) is 12.7. The van der Waals surface area contributed by atoms with Gasteiger partial charge in [0.2, 0.25) is 0 Å². The Morgan fingerprint density at radius 2 is 2.53 bits per heavy atom. The second-order valence-electron chi connectivity index (χ2n) is 4.18. The van der Waals surface area contributed by atoms with Crippen LogP contribution in [0.5, 0.6) is 0 Å². The Hall–Kier alpha value is -1.09. The van der Waals surface area contributed by atoms with Crippen LogP contribution in [0.3, 0.4) is 0 Å². The molecule has 0 amide bonds. The molecular weight excluding hydrogens is 276 g/mol. The van der Waals surface area contributed by atoms with Crippen LogP contribution in [0, 0.1) is 11.3 Å². The third kappa shape index (κ3) is 4.73. The van der Waals surface area contributed by atoms with Gasteiger partial charge in [0.1, 0.15) is 0 Å². The van der Waals surface area contributed by atoms with E-state index in [9.17, 15) is 0 Å². The smallest absolute Gasteiger partial charge is 0.0356 e. The summed E-state index contributed by atoms with van der Waals surface area (Å²) in [5.41, 5.74) is 0.924. The van der Waals surface area contributed by atoms with Crippen LogP contribution in [0.1, 0.15) is 19.8 Å². The summed E-state index contributed by atoms with van der Waals surface area (Å²) in [4.78, 5) is 0. The van der Waals surface area contributed by atoms with Crippen LogP contribution in [-0.4, -0.2) is 12.3 Å². The number of hydrogen-bond acceptors (Lipinski definition) is 2. The monoisotopic (exact) mass is 294 g/mol. The normalized spacial score (nSPS) is 21.6. The lowest BCUT2D eigenvalue weighted by Gasteiger charge is -2.25. The van der Waals surface area contributed by atoms with Gasteiger partial charge >= 0.3 is 0 Å². The summed E-state index contributed by atoms with van der Waals surface area (Å²) >= 11 is 3.51. The number of allylic oxidation sites excluding steroid dienone is 4. The van der Waals surface area contributed by atoms with Gasteiger partial charge in [-0.05, 0) is 25.3 Å². The summed E-state index contributed by atoms with van der Waals surface area (Å²) in [6.07, 6.45) is 13.6. The average Bonchev–Trinajstić information content (AvgIpc) is 2.34. The molecule has 3 heteroatoms. The summed E-state index contributed by atoms with van der Waals surface area (Å²) in [6.45, 7) is 5.72. The first kappa shape index (κ1) is 14.0. The zero-order valence-corrected chi connectivity index (χ0v) is 11.7. The second kappa shape index (κ2) is 7.28. The largest absolute Gasteiger partial charge is 0.387 e. The van der Waals surface area contributed by atoms with Crippen molar-refractivity contribution < 1.29 is 0 Å². The minimum atomic E-state index is 0.333. The Kier molecular flexibility index (Phi) is 5.98. The van der Waals surface area contributed by atoms with Gasteiger partial charge in [-0.3, -0.25) is 0 Å². The van der Waals surface area contributed by atoms with Crippen LogP contribution >= 0.6 is 15.9 Å². The minimum Gasteiger partial charge on any atom is -0.387 e. The molecule has 17 heavy (non-hydrogen) atoms. The van der Waals surface area contributed by atoms with Gasteiger partial charge < -0.3 is 10.7 Å². The van der Waals surface area contributed by atoms with Gasteiger partial charge in [-0.15, -0.1) is 6.58 Å². The van der Waals surface area contributed by atoms with E-state index in [4.69, 9.17) is 5.41 Å². The molecule has 0 aliphatic heterocycles. The van der Waals surface area contributed by atoms with Crippen LogP contribution in [0.4, 0.5) is 0 Å². The molecule has 0 aromatic rings. The van der Waals surface area contributed by atoms with Crippen LogP contribution in [0.2, 0.25) is 0 Å². The maximum absolute atomic E-state index is 7.15. The van der Waals surface area contributed by atoms with E-state index >= 15 is 0 Å². The molecule has 1 rings (SSSR count). The molecule has 0 heterocycles. The van der Waals surface area contributed by atoms with Gasteiger partial charge in [0.25, 0.3) is 0 Å². The molecule has 0 bridgehead atoms. The fraction of sp³-hybridized carbons (Fsp3) is 0.357. The van der Waals surface area contributed by atoms with Crippen LogP contribution < -0.4 is 5.32 Å². The predicted molar refractivity (Wildman–Crippen MR) is 78.5 cm³/mol. The molecule has 2 atom stereocenters. The molecule has 92 valence electrons. The number of nitrogens with one attached hydrogen (secondary N) is 2.